The lowest BCUT2D eigenvalue weighted by atomic mass is 10.1. The Bertz CT molecular complexity index is 491. The fraction of sp³-hybridized carbons (Fsp3) is 0.0909. The summed E-state index contributed by atoms with van der Waals surface area (Å²) in [6, 6.07) is 5.88. The zero-order chi connectivity index (χ0) is 12.1. The van der Waals surface area contributed by atoms with Crippen molar-refractivity contribution >= 4 is 28.0 Å². The van der Waals surface area contributed by atoms with Crippen LogP contribution in [0.1, 0.15) is 5.56 Å². The van der Waals surface area contributed by atoms with Gasteiger partial charge in [0.25, 0.3) is 0 Å². The highest BCUT2D eigenvalue weighted by Gasteiger charge is 2.10. The average molecular weight is 284 g/mol. The first-order chi connectivity index (χ1) is 7.58. The molecule has 0 aliphatic carbocycles. The molecule has 0 aliphatic heterocycles. The van der Waals surface area contributed by atoms with Crippen molar-refractivity contribution in [1.82, 2.24) is 0 Å². The molecule has 5 heteroatoms. The summed E-state index contributed by atoms with van der Waals surface area (Å²) >= 11 is 3.17. The summed E-state index contributed by atoms with van der Waals surface area (Å²) in [4.78, 5) is 11.1. The number of nitrogens with zero attached hydrogens (tertiary/aromatic N) is 1. The first-order valence-electron chi connectivity index (χ1n) is 4.23. The largest absolute Gasteiger partial charge is 0.465 e. The fourth-order valence-electron chi connectivity index (χ4n) is 1.03. The molecule has 1 aromatic carbocycles. The van der Waals surface area contributed by atoms with Crippen LogP contribution >= 0.6 is 15.9 Å². The van der Waals surface area contributed by atoms with E-state index in [2.05, 4.69) is 20.7 Å². The number of rotatable bonds is 2. The normalized spacial score (nSPS) is 10.8. The van der Waals surface area contributed by atoms with Crippen molar-refractivity contribution in [3.05, 3.63) is 39.6 Å². The van der Waals surface area contributed by atoms with Crippen LogP contribution in [0.15, 0.2) is 28.2 Å². The third-order valence-electron chi connectivity index (χ3n) is 1.78. The molecule has 0 aliphatic rings. The van der Waals surface area contributed by atoms with Crippen LogP contribution in [-0.4, -0.2) is 13.1 Å². The summed E-state index contributed by atoms with van der Waals surface area (Å²) < 4.78 is 18.3. The number of ether oxygens (including phenoxy) is 1. The number of methoxy groups -OCH3 is 1. The molecule has 0 fully saturated rings. The molecular formula is C11H7BrFNO2. The van der Waals surface area contributed by atoms with Gasteiger partial charge in [0.15, 0.2) is 0 Å². The molecule has 0 saturated carbocycles. The molecule has 1 rings (SSSR count). The SMILES string of the molecule is COC(=O)/C(C#N)=C/c1cc(Br)ccc1F. The molecule has 0 N–H and O–H groups in total. The lowest BCUT2D eigenvalue weighted by molar-refractivity contribution is -0.135. The van der Waals surface area contributed by atoms with Crippen molar-refractivity contribution in [2.24, 2.45) is 0 Å². The van der Waals surface area contributed by atoms with Gasteiger partial charge in [-0.2, -0.15) is 5.26 Å². The second kappa shape index (κ2) is 5.42. The van der Waals surface area contributed by atoms with E-state index in [0.717, 1.165) is 13.2 Å². The molecule has 0 saturated heterocycles. The van der Waals surface area contributed by atoms with Crippen LogP contribution in [0.4, 0.5) is 4.39 Å². The minimum Gasteiger partial charge on any atom is -0.465 e. The van der Waals surface area contributed by atoms with Crippen LogP contribution in [-0.2, 0) is 9.53 Å². The Morgan fingerprint density at radius 2 is 2.31 bits per heavy atom. The zero-order valence-electron chi connectivity index (χ0n) is 8.33. The van der Waals surface area contributed by atoms with Crippen molar-refractivity contribution in [2.75, 3.05) is 7.11 Å². The number of hydrogen-bond donors (Lipinski definition) is 0. The number of carbonyl (C=O) groups is 1. The lowest BCUT2D eigenvalue weighted by Crippen LogP contribution is -2.02. The van der Waals surface area contributed by atoms with E-state index in [1.165, 1.54) is 18.2 Å². The summed E-state index contributed by atoms with van der Waals surface area (Å²) in [5.74, 6) is -1.30. The van der Waals surface area contributed by atoms with Gasteiger partial charge in [0.2, 0.25) is 0 Å². The second-order valence-electron chi connectivity index (χ2n) is 2.83. The minimum absolute atomic E-state index is 0.149. The van der Waals surface area contributed by atoms with Gasteiger partial charge < -0.3 is 4.74 Å². The van der Waals surface area contributed by atoms with Crippen LogP contribution in [0.2, 0.25) is 0 Å². The molecule has 0 spiro atoms. The zero-order valence-corrected chi connectivity index (χ0v) is 9.92. The molecule has 0 heterocycles. The molecule has 0 aromatic heterocycles. The van der Waals surface area contributed by atoms with Crippen molar-refractivity contribution < 1.29 is 13.9 Å². The summed E-state index contributed by atoms with van der Waals surface area (Å²) in [5.41, 5.74) is -0.101. The smallest absolute Gasteiger partial charge is 0.348 e. The summed E-state index contributed by atoms with van der Waals surface area (Å²) in [7, 11) is 1.16. The van der Waals surface area contributed by atoms with Gasteiger partial charge in [-0.05, 0) is 24.3 Å². The number of halogens is 2. The Morgan fingerprint density at radius 1 is 1.62 bits per heavy atom. The molecule has 1 aromatic rings. The van der Waals surface area contributed by atoms with E-state index in [1.54, 1.807) is 6.07 Å². The van der Waals surface area contributed by atoms with Gasteiger partial charge in [0, 0.05) is 10.0 Å². The van der Waals surface area contributed by atoms with Crippen LogP contribution in [0, 0.1) is 17.1 Å². The topological polar surface area (TPSA) is 50.1 Å². The molecule has 3 nitrogen and oxygen atoms in total. The third-order valence-corrected chi connectivity index (χ3v) is 2.28. The third kappa shape index (κ3) is 2.91. The Kier molecular flexibility index (Phi) is 4.20. The molecule has 82 valence electrons. The summed E-state index contributed by atoms with van der Waals surface area (Å²) in [5, 5.41) is 8.70. The van der Waals surface area contributed by atoms with Crippen molar-refractivity contribution in [1.29, 1.82) is 5.26 Å². The van der Waals surface area contributed by atoms with Gasteiger partial charge in [-0.1, -0.05) is 15.9 Å². The maximum absolute atomic E-state index is 13.3. The van der Waals surface area contributed by atoms with Crippen LogP contribution in [0.5, 0.6) is 0 Å². The van der Waals surface area contributed by atoms with E-state index in [1.807, 2.05) is 0 Å². The summed E-state index contributed by atoms with van der Waals surface area (Å²) in [6.45, 7) is 0. The van der Waals surface area contributed by atoms with Crippen molar-refractivity contribution in [2.45, 2.75) is 0 Å². The number of benzene rings is 1. The van der Waals surface area contributed by atoms with E-state index in [4.69, 9.17) is 5.26 Å². The van der Waals surface area contributed by atoms with E-state index in [0.29, 0.717) is 4.47 Å². The standard InChI is InChI=1S/C11H7BrFNO2/c1-16-11(15)8(6-14)4-7-5-9(12)2-3-10(7)13/h2-5H,1H3/b8-4+. The molecule has 0 unspecified atom stereocenters. The average Bonchev–Trinajstić information content (AvgIpc) is 2.29. The van der Waals surface area contributed by atoms with Crippen molar-refractivity contribution in [3.8, 4) is 6.07 Å². The van der Waals surface area contributed by atoms with Crippen LogP contribution < -0.4 is 0 Å². The van der Waals surface area contributed by atoms with Gasteiger partial charge in [-0.15, -0.1) is 0 Å². The maximum Gasteiger partial charge on any atom is 0.348 e. The number of carbonyl (C=O) groups excluding carboxylic acids is 1. The lowest BCUT2D eigenvalue weighted by Gasteiger charge is -1.99. The first-order valence-corrected chi connectivity index (χ1v) is 5.03. The van der Waals surface area contributed by atoms with Gasteiger partial charge in [-0.3, -0.25) is 0 Å². The highest BCUT2D eigenvalue weighted by atomic mass is 79.9. The van der Waals surface area contributed by atoms with Crippen LogP contribution in [0.25, 0.3) is 6.08 Å². The monoisotopic (exact) mass is 283 g/mol. The maximum atomic E-state index is 13.3. The summed E-state index contributed by atoms with van der Waals surface area (Å²) in [6.07, 6.45) is 1.14. The molecule has 0 amide bonds. The molecule has 0 atom stereocenters. The second-order valence-corrected chi connectivity index (χ2v) is 3.74. The predicted octanol–water partition coefficient (Wildman–Crippen LogP) is 2.67. The van der Waals surface area contributed by atoms with Crippen LogP contribution in [0.3, 0.4) is 0 Å². The minimum atomic E-state index is -0.790. The van der Waals surface area contributed by atoms with E-state index in [9.17, 15) is 9.18 Å². The quantitative estimate of drug-likeness (QED) is 0.476. The Balaban J connectivity index is 3.19. The molecule has 0 radical (unpaired) electrons. The predicted molar refractivity (Wildman–Crippen MR) is 59.7 cm³/mol. The molecule has 16 heavy (non-hydrogen) atoms. The molecular weight excluding hydrogens is 277 g/mol. The Morgan fingerprint density at radius 3 is 2.88 bits per heavy atom. The first kappa shape index (κ1) is 12.4. The van der Waals surface area contributed by atoms with Gasteiger partial charge in [-0.25, -0.2) is 9.18 Å². The highest BCUT2D eigenvalue weighted by Crippen LogP contribution is 2.18. The highest BCUT2D eigenvalue weighted by molar-refractivity contribution is 9.10. The van der Waals surface area contributed by atoms with E-state index >= 15 is 0 Å². The van der Waals surface area contributed by atoms with Crippen molar-refractivity contribution in [3.63, 3.8) is 0 Å². The molecule has 0 bridgehead atoms. The van der Waals surface area contributed by atoms with Gasteiger partial charge in [0.05, 0.1) is 7.11 Å². The number of hydrogen-bond acceptors (Lipinski definition) is 3. The number of esters is 1. The number of nitriles is 1. The van der Waals surface area contributed by atoms with Gasteiger partial charge in [0.1, 0.15) is 17.5 Å². The van der Waals surface area contributed by atoms with Gasteiger partial charge >= 0.3 is 5.97 Å². The van der Waals surface area contributed by atoms with E-state index < -0.39 is 11.8 Å². The van der Waals surface area contributed by atoms with E-state index in [-0.39, 0.29) is 11.1 Å². The Labute approximate surface area is 100 Å². The fourth-order valence-corrected chi connectivity index (χ4v) is 1.41. The Hall–Kier alpha value is -1.67.